The summed E-state index contributed by atoms with van der Waals surface area (Å²) >= 11 is 12.1. The number of hydrogen-bond donors (Lipinski definition) is 3. The zero-order chi connectivity index (χ0) is 21.5. The predicted octanol–water partition coefficient (Wildman–Crippen LogP) is 3.97. The highest BCUT2D eigenvalue weighted by molar-refractivity contribution is 6.35. The Morgan fingerprint density at radius 3 is 2.71 bits per heavy atom. The summed E-state index contributed by atoms with van der Waals surface area (Å²) in [5, 5.41) is 6.81. The second-order valence-corrected chi connectivity index (χ2v) is 9.05. The third-order valence-corrected chi connectivity index (χ3v) is 6.36. The summed E-state index contributed by atoms with van der Waals surface area (Å²) in [6.45, 7) is 0.261. The fourth-order valence-corrected chi connectivity index (χ4v) is 4.13. The second-order valence-electron chi connectivity index (χ2n) is 8.21. The average molecular weight is 458 g/mol. The van der Waals surface area contributed by atoms with Crippen molar-refractivity contribution >= 4 is 46.2 Å². The van der Waals surface area contributed by atoms with Gasteiger partial charge in [0.2, 0.25) is 5.91 Å². The molecule has 0 saturated heterocycles. The predicted molar refractivity (Wildman–Crippen MR) is 118 cm³/mol. The van der Waals surface area contributed by atoms with Crippen molar-refractivity contribution < 1.29 is 9.59 Å². The van der Waals surface area contributed by atoms with E-state index >= 15 is 0 Å². The zero-order valence-corrected chi connectivity index (χ0v) is 18.1. The van der Waals surface area contributed by atoms with Crippen LogP contribution in [0.2, 0.25) is 10.0 Å². The maximum absolute atomic E-state index is 13.0. The first-order chi connectivity index (χ1) is 15.0. The number of carbonyl (C=O) groups excluding carboxylic acids is 2. The molecule has 0 bridgehead atoms. The Morgan fingerprint density at radius 2 is 2.00 bits per heavy atom. The molecule has 1 atom stereocenters. The molecule has 0 aliphatic heterocycles. The summed E-state index contributed by atoms with van der Waals surface area (Å²) in [6.07, 6.45) is 7.38. The van der Waals surface area contributed by atoms with Crippen LogP contribution in [0.1, 0.15) is 53.2 Å². The lowest BCUT2D eigenvalue weighted by atomic mass is 10.1. The highest BCUT2D eigenvalue weighted by Gasteiger charge is 2.38. The third kappa shape index (κ3) is 4.38. The number of nitrogens with one attached hydrogen (secondary N) is 3. The monoisotopic (exact) mass is 457 g/mol. The quantitative estimate of drug-likeness (QED) is 0.499. The van der Waals surface area contributed by atoms with Crippen LogP contribution in [0.25, 0.3) is 11.2 Å². The lowest BCUT2D eigenvalue weighted by Gasteiger charge is -2.18. The molecule has 5 rings (SSSR count). The number of rotatable bonds is 7. The minimum Gasteiger partial charge on any atom is -0.350 e. The van der Waals surface area contributed by atoms with Gasteiger partial charge >= 0.3 is 0 Å². The second kappa shape index (κ2) is 8.13. The van der Waals surface area contributed by atoms with Crippen molar-refractivity contribution in [1.29, 1.82) is 0 Å². The van der Waals surface area contributed by atoms with Crippen LogP contribution in [0.4, 0.5) is 0 Å². The van der Waals surface area contributed by atoms with E-state index in [-0.39, 0.29) is 24.3 Å². The standard InChI is InChI=1S/C22H21Cl2N5O2/c23-14-6-5-13(16(24)7-14)8-27-22(31)18(12-3-4-12)29-21(30)15-9-25-20-19(15)28-17(10-26-20)11-1-2-11/h5-7,9-12,18H,1-4,8H2,(H,25,26)(H,27,31)(H,29,30). The van der Waals surface area contributed by atoms with E-state index in [0.717, 1.165) is 36.9 Å². The number of fused-ring (bicyclic) bond motifs is 1. The van der Waals surface area contributed by atoms with Crippen molar-refractivity contribution in [3.63, 3.8) is 0 Å². The van der Waals surface area contributed by atoms with Gasteiger partial charge in [0.25, 0.3) is 5.91 Å². The van der Waals surface area contributed by atoms with Gasteiger partial charge in [-0.15, -0.1) is 0 Å². The van der Waals surface area contributed by atoms with Crippen LogP contribution in [0, 0.1) is 5.92 Å². The highest BCUT2D eigenvalue weighted by Crippen LogP contribution is 2.39. The van der Waals surface area contributed by atoms with Crippen molar-refractivity contribution in [3.8, 4) is 0 Å². The van der Waals surface area contributed by atoms with E-state index in [9.17, 15) is 9.59 Å². The van der Waals surface area contributed by atoms with Crippen molar-refractivity contribution in [3.05, 3.63) is 57.5 Å². The van der Waals surface area contributed by atoms with Crippen LogP contribution in [0.3, 0.4) is 0 Å². The van der Waals surface area contributed by atoms with Gasteiger partial charge in [0.1, 0.15) is 11.6 Å². The number of aromatic amines is 1. The molecule has 2 fully saturated rings. The van der Waals surface area contributed by atoms with Crippen molar-refractivity contribution in [1.82, 2.24) is 25.6 Å². The molecule has 0 radical (unpaired) electrons. The largest absolute Gasteiger partial charge is 0.350 e. The summed E-state index contributed by atoms with van der Waals surface area (Å²) < 4.78 is 0. The van der Waals surface area contributed by atoms with E-state index < -0.39 is 6.04 Å². The van der Waals surface area contributed by atoms with E-state index in [1.54, 1.807) is 30.6 Å². The van der Waals surface area contributed by atoms with Crippen LogP contribution in [-0.4, -0.2) is 32.8 Å². The molecule has 1 unspecified atom stereocenters. The number of carbonyl (C=O) groups is 2. The summed E-state index contributed by atoms with van der Waals surface area (Å²) in [4.78, 5) is 37.9. The molecule has 9 heteroatoms. The fourth-order valence-electron chi connectivity index (χ4n) is 3.66. The van der Waals surface area contributed by atoms with Crippen LogP contribution in [0.5, 0.6) is 0 Å². The van der Waals surface area contributed by atoms with Crippen molar-refractivity contribution in [2.75, 3.05) is 0 Å². The van der Waals surface area contributed by atoms with Crippen LogP contribution < -0.4 is 10.6 Å². The Balaban J connectivity index is 1.30. The molecular formula is C22H21Cl2N5O2. The fraction of sp³-hybridized carbons (Fsp3) is 0.364. The molecule has 0 spiro atoms. The average Bonchev–Trinajstić information content (AvgIpc) is 3.67. The molecule has 3 aromatic rings. The van der Waals surface area contributed by atoms with E-state index in [4.69, 9.17) is 23.2 Å². The number of amides is 2. The van der Waals surface area contributed by atoms with Gasteiger partial charge in [0, 0.05) is 28.7 Å². The summed E-state index contributed by atoms with van der Waals surface area (Å²) in [7, 11) is 0. The molecule has 2 aliphatic carbocycles. The van der Waals surface area contributed by atoms with Crippen LogP contribution in [0.15, 0.2) is 30.6 Å². The van der Waals surface area contributed by atoms with Crippen molar-refractivity contribution in [2.45, 2.75) is 44.2 Å². The highest BCUT2D eigenvalue weighted by atomic mass is 35.5. The van der Waals surface area contributed by atoms with Gasteiger partial charge in [-0.1, -0.05) is 29.3 Å². The van der Waals surface area contributed by atoms with E-state index in [1.807, 2.05) is 0 Å². The molecule has 2 saturated carbocycles. The smallest absolute Gasteiger partial charge is 0.255 e. The molecule has 31 heavy (non-hydrogen) atoms. The lowest BCUT2D eigenvalue weighted by molar-refractivity contribution is -0.123. The molecule has 2 aromatic heterocycles. The van der Waals surface area contributed by atoms with E-state index in [1.165, 1.54) is 0 Å². The van der Waals surface area contributed by atoms with Gasteiger partial charge in [-0.2, -0.15) is 0 Å². The van der Waals surface area contributed by atoms with Crippen LogP contribution >= 0.6 is 23.2 Å². The molecule has 2 heterocycles. The summed E-state index contributed by atoms with van der Waals surface area (Å²) in [6, 6.07) is 4.53. The normalized spacial score (nSPS) is 16.8. The SMILES string of the molecule is O=C(NC(C(=O)NCc1ccc(Cl)cc1Cl)C1CC1)c1c[nH]c2ncc(C3CC3)nc12. The molecule has 2 amide bonds. The minimum atomic E-state index is -0.608. The molecule has 3 N–H and O–H groups in total. The maximum atomic E-state index is 13.0. The molecule has 2 aliphatic rings. The number of aromatic nitrogens is 3. The Labute approximate surface area is 188 Å². The van der Waals surface area contributed by atoms with Gasteiger partial charge in [-0.3, -0.25) is 9.59 Å². The Hall–Kier alpha value is -2.64. The number of halogens is 2. The minimum absolute atomic E-state index is 0.128. The summed E-state index contributed by atoms with van der Waals surface area (Å²) in [5.74, 6) is 0.00637. The lowest BCUT2D eigenvalue weighted by Crippen LogP contribution is -2.48. The number of H-pyrrole nitrogens is 1. The van der Waals surface area contributed by atoms with Crippen LogP contribution in [-0.2, 0) is 11.3 Å². The van der Waals surface area contributed by atoms with Gasteiger partial charge < -0.3 is 15.6 Å². The molecule has 160 valence electrons. The van der Waals surface area contributed by atoms with E-state index in [0.29, 0.717) is 32.7 Å². The Morgan fingerprint density at radius 1 is 1.19 bits per heavy atom. The van der Waals surface area contributed by atoms with Gasteiger partial charge in [0.15, 0.2) is 5.65 Å². The number of benzene rings is 1. The maximum Gasteiger partial charge on any atom is 0.255 e. The topological polar surface area (TPSA) is 99.8 Å². The van der Waals surface area contributed by atoms with Crippen molar-refractivity contribution in [2.24, 2.45) is 5.92 Å². The third-order valence-electron chi connectivity index (χ3n) is 5.77. The first-order valence-corrected chi connectivity index (χ1v) is 11.1. The zero-order valence-electron chi connectivity index (χ0n) is 16.6. The Bertz CT molecular complexity index is 1170. The molecular weight excluding hydrogens is 437 g/mol. The number of hydrogen-bond acceptors (Lipinski definition) is 4. The number of nitrogens with zero attached hydrogens (tertiary/aromatic N) is 2. The van der Waals surface area contributed by atoms with Gasteiger partial charge in [0.05, 0.1) is 17.5 Å². The molecule has 1 aromatic carbocycles. The summed E-state index contributed by atoms with van der Waals surface area (Å²) in [5.41, 5.74) is 3.20. The van der Waals surface area contributed by atoms with Gasteiger partial charge in [-0.05, 0) is 49.3 Å². The molecule has 7 nitrogen and oxygen atoms in total. The first kappa shape index (κ1) is 20.3. The van der Waals surface area contributed by atoms with E-state index in [2.05, 4.69) is 25.6 Å². The first-order valence-electron chi connectivity index (χ1n) is 10.4. The van der Waals surface area contributed by atoms with Gasteiger partial charge in [-0.25, -0.2) is 9.97 Å². The Kier molecular flexibility index (Phi) is 5.32.